The predicted molar refractivity (Wildman–Crippen MR) is 40.1 cm³/mol. The normalized spacial score (nSPS) is 31.1. The van der Waals surface area contributed by atoms with E-state index < -0.39 is 11.8 Å². The number of β-amino-alcohol motifs (C(OH)–C–C–N with tert-alkyl or cyclic N) is 1. The summed E-state index contributed by atoms with van der Waals surface area (Å²) in [6, 6.07) is 0. The molecule has 2 nitrogen and oxygen atoms in total. The van der Waals surface area contributed by atoms with Gasteiger partial charge in [-0.1, -0.05) is 0 Å². The largest absolute Gasteiger partial charge is 0.389 e. The predicted octanol–water partition coefficient (Wildman–Crippen LogP) is 0.555. The molecule has 0 radical (unpaired) electrons. The quantitative estimate of drug-likeness (QED) is 0.636. The first-order valence-corrected chi connectivity index (χ1v) is 4.27. The van der Waals surface area contributed by atoms with Crippen molar-refractivity contribution in [1.82, 2.24) is 4.90 Å². The maximum absolute atomic E-state index is 12.3. The molecule has 0 spiro atoms. The summed E-state index contributed by atoms with van der Waals surface area (Å²) in [6.07, 6.45) is 2.29. The van der Waals surface area contributed by atoms with Gasteiger partial charge in [0.15, 0.2) is 0 Å². The van der Waals surface area contributed by atoms with E-state index in [2.05, 4.69) is 0 Å². The molecule has 11 heavy (non-hydrogen) atoms. The number of rotatable bonds is 2. The second-order valence-electron chi connectivity index (χ2n) is 3.87. The highest BCUT2D eigenvalue weighted by Gasteiger charge is 2.39. The van der Waals surface area contributed by atoms with Gasteiger partial charge in [-0.3, -0.25) is 4.90 Å². The van der Waals surface area contributed by atoms with Crippen molar-refractivity contribution in [1.29, 1.82) is 0 Å². The molecule has 0 unspecified atom stereocenters. The highest BCUT2D eigenvalue weighted by molar-refractivity contribution is 4.93. The highest BCUT2D eigenvalue weighted by atomic mass is 19.1. The van der Waals surface area contributed by atoms with Crippen LogP contribution in [0.5, 0.6) is 0 Å². The number of halogens is 1. The van der Waals surface area contributed by atoms with Crippen LogP contribution >= 0.6 is 0 Å². The van der Waals surface area contributed by atoms with Gasteiger partial charge in [-0.15, -0.1) is 0 Å². The second-order valence-corrected chi connectivity index (χ2v) is 3.87. The lowest BCUT2D eigenvalue weighted by Gasteiger charge is -2.44. The molecule has 3 heteroatoms. The van der Waals surface area contributed by atoms with Gasteiger partial charge >= 0.3 is 0 Å². The van der Waals surface area contributed by atoms with Crippen molar-refractivity contribution in [3.63, 3.8) is 0 Å². The number of hydrogen-bond donors (Lipinski definition) is 1. The van der Waals surface area contributed by atoms with Crippen molar-refractivity contribution in [2.24, 2.45) is 0 Å². The third kappa shape index (κ3) is 1.40. The van der Waals surface area contributed by atoms with Gasteiger partial charge in [0.25, 0.3) is 0 Å². The summed E-state index contributed by atoms with van der Waals surface area (Å²) in [5.74, 6) is 0. The third-order valence-corrected chi connectivity index (χ3v) is 2.71. The smallest absolute Gasteiger partial charge is 0.125 e. The monoisotopic (exact) mass is 159 g/mol. The average Bonchev–Trinajstić information content (AvgIpc) is 1.81. The standard InChI is InChI=1S/C8H14FNO/c9-7-4-10(5-7)6-8(11)2-1-3-8/h7,11H,1-6H2. The Labute approximate surface area is 66.0 Å². The third-order valence-electron chi connectivity index (χ3n) is 2.71. The van der Waals surface area contributed by atoms with E-state index in [0.717, 1.165) is 19.3 Å². The zero-order valence-electron chi connectivity index (χ0n) is 6.59. The minimum Gasteiger partial charge on any atom is -0.389 e. The number of hydrogen-bond acceptors (Lipinski definition) is 2. The van der Waals surface area contributed by atoms with Gasteiger partial charge in [-0.05, 0) is 19.3 Å². The first-order valence-electron chi connectivity index (χ1n) is 4.27. The molecular formula is C8H14FNO. The van der Waals surface area contributed by atoms with Crippen LogP contribution in [0.15, 0.2) is 0 Å². The molecule has 1 saturated heterocycles. The first-order chi connectivity index (χ1) is 5.18. The molecule has 1 heterocycles. The molecule has 0 amide bonds. The van der Waals surface area contributed by atoms with Gasteiger partial charge in [-0.25, -0.2) is 4.39 Å². The van der Waals surface area contributed by atoms with Crippen molar-refractivity contribution in [2.75, 3.05) is 19.6 Å². The van der Waals surface area contributed by atoms with Crippen LogP contribution < -0.4 is 0 Å². The fraction of sp³-hybridized carbons (Fsp3) is 1.00. The van der Waals surface area contributed by atoms with E-state index in [4.69, 9.17) is 0 Å². The minimum atomic E-state index is -0.640. The molecule has 1 aliphatic carbocycles. The van der Waals surface area contributed by atoms with E-state index in [-0.39, 0.29) is 0 Å². The molecule has 0 aromatic heterocycles. The molecule has 0 bridgehead atoms. The van der Waals surface area contributed by atoms with Crippen molar-refractivity contribution in [2.45, 2.75) is 31.0 Å². The zero-order chi connectivity index (χ0) is 7.90. The Morgan fingerprint density at radius 3 is 2.45 bits per heavy atom. The lowest BCUT2D eigenvalue weighted by molar-refractivity contribution is -0.0832. The molecule has 1 saturated carbocycles. The van der Waals surface area contributed by atoms with Crippen LogP contribution in [0.3, 0.4) is 0 Å². The lowest BCUT2D eigenvalue weighted by Crippen LogP contribution is -2.56. The van der Waals surface area contributed by atoms with Gasteiger partial charge < -0.3 is 5.11 Å². The maximum Gasteiger partial charge on any atom is 0.125 e. The van der Waals surface area contributed by atoms with Gasteiger partial charge in [0, 0.05) is 19.6 Å². The Kier molecular flexibility index (Phi) is 1.65. The molecule has 2 aliphatic rings. The van der Waals surface area contributed by atoms with Crippen LogP contribution in [0.1, 0.15) is 19.3 Å². The van der Waals surface area contributed by atoms with Gasteiger partial charge in [0.1, 0.15) is 6.17 Å². The number of aliphatic hydroxyl groups is 1. The van der Waals surface area contributed by atoms with Crippen LogP contribution in [-0.2, 0) is 0 Å². The van der Waals surface area contributed by atoms with E-state index in [9.17, 15) is 9.50 Å². The fourth-order valence-electron chi connectivity index (χ4n) is 1.80. The summed E-state index contributed by atoms with van der Waals surface area (Å²) in [6.45, 7) is 1.75. The van der Waals surface area contributed by atoms with Crippen LogP contribution in [0.2, 0.25) is 0 Å². The van der Waals surface area contributed by atoms with E-state index >= 15 is 0 Å². The number of alkyl halides is 1. The van der Waals surface area contributed by atoms with Crippen LogP contribution in [0.25, 0.3) is 0 Å². The Balaban J connectivity index is 1.73. The zero-order valence-corrected chi connectivity index (χ0v) is 6.59. The summed E-state index contributed by atoms with van der Waals surface area (Å²) in [5.41, 5.74) is -0.458. The molecule has 0 aromatic carbocycles. The van der Waals surface area contributed by atoms with E-state index in [1.807, 2.05) is 4.90 Å². The maximum atomic E-state index is 12.3. The molecule has 2 fully saturated rings. The van der Waals surface area contributed by atoms with Crippen LogP contribution in [-0.4, -0.2) is 41.4 Å². The van der Waals surface area contributed by atoms with Crippen molar-refractivity contribution in [3.05, 3.63) is 0 Å². The first kappa shape index (κ1) is 7.50. The van der Waals surface area contributed by atoms with E-state index in [1.165, 1.54) is 0 Å². The Bertz CT molecular complexity index is 152. The molecule has 2 rings (SSSR count). The Hall–Kier alpha value is -0.150. The Morgan fingerprint density at radius 1 is 1.45 bits per heavy atom. The summed E-state index contributed by atoms with van der Waals surface area (Å²) >= 11 is 0. The Morgan fingerprint density at radius 2 is 2.09 bits per heavy atom. The van der Waals surface area contributed by atoms with Crippen molar-refractivity contribution < 1.29 is 9.50 Å². The highest BCUT2D eigenvalue weighted by Crippen LogP contribution is 2.33. The SMILES string of the molecule is OC1(CN2CC(F)C2)CCC1. The molecule has 64 valence electrons. The lowest BCUT2D eigenvalue weighted by atomic mass is 9.79. The molecule has 1 aliphatic heterocycles. The summed E-state index contributed by atoms with van der Waals surface area (Å²) in [7, 11) is 0. The topological polar surface area (TPSA) is 23.5 Å². The number of likely N-dealkylation sites (tertiary alicyclic amines) is 1. The van der Waals surface area contributed by atoms with E-state index in [1.54, 1.807) is 0 Å². The minimum absolute atomic E-state index is 0.458. The van der Waals surface area contributed by atoms with Crippen LogP contribution in [0.4, 0.5) is 4.39 Å². The van der Waals surface area contributed by atoms with Crippen molar-refractivity contribution >= 4 is 0 Å². The second kappa shape index (κ2) is 2.42. The molecule has 0 aromatic rings. The fourth-order valence-corrected chi connectivity index (χ4v) is 1.80. The van der Waals surface area contributed by atoms with Gasteiger partial charge in [-0.2, -0.15) is 0 Å². The number of nitrogens with zero attached hydrogens (tertiary/aromatic N) is 1. The van der Waals surface area contributed by atoms with Crippen molar-refractivity contribution in [3.8, 4) is 0 Å². The summed E-state index contributed by atoms with van der Waals surface area (Å²) < 4.78 is 12.3. The van der Waals surface area contributed by atoms with Gasteiger partial charge in [0.2, 0.25) is 0 Å². The molecule has 0 atom stereocenters. The van der Waals surface area contributed by atoms with Crippen LogP contribution in [0, 0.1) is 0 Å². The van der Waals surface area contributed by atoms with Gasteiger partial charge in [0.05, 0.1) is 5.60 Å². The summed E-state index contributed by atoms with van der Waals surface area (Å²) in [5, 5.41) is 9.67. The molecular weight excluding hydrogens is 145 g/mol. The molecule has 1 N–H and O–H groups in total. The van der Waals surface area contributed by atoms with E-state index in [0.29, 0.717) is 19.6 Å². The average molecular weight is 159 g/mol. The summed E-state index contributed by atoms with van der Waals surface area (Å²) in [4.78, 5) is 1.99.